The molecule has 5 nitrogen and oxygen atoms in total. The van der Waals surface area contributed by atoms with Crippen LogP contribution in [0.15, 0.2) is 12.2 Å². The molecule has 168 valence electrons. The van der Waals surface area contributed by atoms with E-state index in [1.54, 1.807) is 0 Å². The smallest absolute Gasteiger partial charge is 0.303 e. The molecule has 0 spiro atoms. The number of hydrogen-bond acceptors (Lipinski definition) is 4. The van der Waals surface area contributed by atoms with E-state index in [-0.39, 0.29) is 6.42 Å². The van der Waals surface area contributed by atoms with Gasteiger partial charge in [0.1, 0.15) is 0 Å². The van der Waals surface area contributed by atoms with Crippen molar-refractivity contribution in [2.75, 3.05) is 26.2 Å². The first-order chi connectivity index (χ1) is 14.2. The molecule has 0 unspecified atom stereocenters. The van der Waals surface area contributed by atoms with E-state index in [0.717, 1.165) is 45.4 Å². The van der Waals surface area contributed by atoms with Crippen LogP contribution in [0, 0.1) is 11.8 Å². The van der Waals surface area contributed by atoms with E-state index < -0.39 is 5.97 Å². The molecule has 0 aromatic rings. The topological polar surface area (TPSA) is 70.6 Å². The van der Waals surface area contributed by atoms with E-state index in [1.165, 1.54) is 51.4 Å². The van der Waals surface area contributed by atoms with Crippen LogP contribution in [0.25, 0.3) is 0 Å². The third-order valence-corrected chi connectivity index (χ3v) is 6.48. The number of carboxylic acid groups (broad SMARTS) is 1. The fraction of sp³-hybridized carbons (Fsp3) is 0.875. The lowest BCUT2D eigenvalue weighted by Gasteiger charge is -2.28. The fourth-order valence-electron chi connectivity index (χ4n) is 4.86. The lowest BCUT2D eigenvalue weighted by atomic mass is 9.77. The van der Waals surface area contributed by atoms with E-state index in [0.29, 0.717) is 24.0 Å². The Morgan fingerprint density at radius 3 is 2.45 bits per heavy atom. The molecule has 0 aliphatic carbocycles. The predicted octanol–water partition coefficient (Wildman–Crippen LogP) is 4.52. The van der Waals surface area contributed by atoms with Gasteiger partial charge in [-0.25, -0.2) is 0 Å². The standard InChI is InChI=1S/C24H44N2O3/c1-2-3-4-10-16-25-17-11-18-26-19-21-20(22-14-15-23(21)29-22)12-8-6-5-7-9-13-24(27)28/h5-6,20-23,25-26H,2-4,7-19H2,1H3,(H,27,28)/b6-5-/t20-,21+,22-,23+/m0/s1. The molecular weight excluding hydrogens is 364 g/mol. The second kappa shape index (κ2) is 15.0. The Labute approximate surface area is 178 Å². The van der Waals surface area contributed by atoms with Gasteiger partial charge in [-0.05, 0) is 76.9 Å². The van der Waals surface area contributed by atoms with Crippen LogP contribution in [-0.2, 0) is 9.53 Å². The minimum absolute atomic E-state index is 0.271. The third kappa shape index (κ3) is 9.63. The molecule has 2 fully saturated rings. The highest BCUT2D eigenvalue weighted by Crippen LogP contribution is 2.45. The number of carboxylic acids is 1. The summed E-state index contributed by atoms with van der Waals surface area (Å²) in [7, 11) is 0. The van der Waals surface area contributed by atoms with E-state index in [9.17, 15) is 4.79 Å². The molecule has 2 rings (SSSR count). The maximum absolute atomic E-state index is 10.5. The highest BCUT2D eigenvalue weighted by Gasteiger charge is 2.47. The largest absolute Gasteiger partial charge is 0.481 e. The number of allylic oxidation sites excluding steroid dienone is 2. The summed E-state index contributed by atoms with van der Waals surface area (Å²) in [5.41, 5.74) is 0. The van der Waals surface area contributed by atoms with E-state index in [4.69, 9.17) is 9.84 Å². The Balaban J connectivity index is 1.53. The molecule has 5 heteroatoms. The van der Waals surface area contributed by atoms with Crippen LogP contribution < -0.4 is 10.6 Å². The van der Waals surface area contributed by atoms with Gasteiger partial charge >= 0.3 is 5.97 Å². The summed E-state index contributed by atoms with van der Waals surface area (Å²) in [4.78, 5) is 10.5. The van der Waals surface area contributed by atoms with Crippen molar-refractivity contribution in [2.45, 2.75) is 96.2 Å². The predicted molar refractivity (Wildman–Crippen MR) is 119 cm³/mol. The summed E-state index contributed by atoms with van der Waals surface area (Å²) in [6.45, 7) is 6.71. The number of ether oxygens (including phenoxy) is 1. The summed E-state index contributed by atoms with van der Waals surface area (Å²) in [5, 5.41) is 15.9. The van der Waals surface area contributed by atoms with Crippen molar-refractivity contribution in [3.05, 3.63) is 12.2 Å². The number of aliphatic carboxylic acids is 1. The second-order valence-electron chi connectivity index (χ2n) is 8.82. The number of nitrogens with one attached hydrogen (secondary N) is 2. The molecule has 2 bridgehead atoms. The van der Waals surface area contributed by atoms with E-state index >= 15 is 0 Å². The van der Waals surface area contributed by atoms with Crippen molar-refractivity contribution in [2.24, 2.45) is 11.8 Å². The monoisotopic (exact) mass is 408 g/mol. The number of unbranched alkanes of at least 4 members (excludes halogenated alkanes) is 4. The summed E-state index contributed by atoms with van der Waals surface area (Å²) in [5.74, 6) is 0.647. The Morgan fingerprint density at radius 1 is 0.931 bits per heavy atom. The molecule has 0 aromatic heterocycles. The van der Waals surface area contributed by atoms with Gasteiger partial charge in [-0.3, -0.25) is 4.79 Å². The highest BCUT2D eigenvalue weighted by atomic mass is 16.5. The lowest BCUT2D eigenvalue weighted by Crippen LogP contribution is -2.36. The second-order valence-corrected chi connectivity index (χ2v) is 8.82. The first kappa shape index (κ1) is 24.4. The molecule has 29 heavy (non-hydrogen) atoms. The lowest BCUT2D eigenvalue weighted by molar-refractivity contribution is -0.137. The highest BCUT2D eigenvalue weighted by molar-refractivity contribution is 5.66. The van der Waals surface area contributed by atoms with Crippen LogP contribution in [0.1, 0.15) is 84.0 Å². The SMILES string of the molecule is CCCCCCNCCCNC[C@@H]1[C@H](CC/C=C\CCCC(=O)O)[C@@H]2CC[C@H]1O2. The maximum atomic E-state index is 10.5. The Bertz CT molecular complexity index is 469. The summed E-state index contributed by atoms with van der Waals surface area (Å²) in [6.07, 6.45) is 18.5. The number of rotatable bonds is 18. The van der Waals surface area contributed by atoms with E-state index in [1.807, 2.05) is 0 Å². The molecular formula is C24H44N2O3. The van der Waals surface area contributed by atoms with Gasteiger partial charge in [0.15, 0.2) is 0 Å². The number of fused-ring (bicyclic) bond motifs is 2. The van der Waals surface area contributed by atoms with Crippen molar-refractivity contribution >= 4 is 5.97 Å². The molecule has 0 radical (unpaired) electrons. The van der Waals surface area contributed by atoms with Crippen LogP contribution >= 0.6 is 0 Å². The molecule has 2 heterocycles. The Hall–Kier alpha value is -0.910. The molecule has 0 amide bonds. The van der Waals surface area contributed by atoms with Gasteiger partial charge in [0.05, 0.1) is 12.2 Å². The fourth-order valence-corrected chi connectivity index (χ4v) is 4.86. The quantitative estimate of drug-likeness (QED) is 0.230. The van der Waals surface area contributed by atoms with Crippen LogP contribution in [0.5, 0.6) is 0 Å². The van der Waals surface area contributed by atoms with Crippen molar-refractivity contribution in [1.29, 1.82) is 0 Å². The maximum Gasteiger partial charge on any atom is 0.303 e. The van der Waals surface area contributed by atoms with Gasteiger partial charge in [-0.1, -0.05) is 38.3 Å². The molecule has 4 atom stereocenters. The van der Waals surface area contributed by atoms with Gasteiger partial charge in [0.25, 0.3) is 0 Å². The van der Waals surface area contributed by atoms with Gasteiger partial charge in [0.2, 0.25) is 0 Å². The van der Waals surface area contributed by atoms with Crippen LogP contribution in [-0.4, -0.2) is 49.5 Å². The number of hydrogen-bond donors (Lipinski definition) is 3. The first-order valence-electron chi connectivity index (χ1n) is 12.2. The zero-order chi connectivity index (χ0) is 20.7. The van der Waals surface area contributed by atoms with Gasteiger partial charge in [-0.2, -0.15) is 0 Å². The molecule has 3 N–H and O–H groups in total. The average molecular weight is 409 g/mol. The van der Waals surface area contributed by atoms with Crippen molar-refractivity contribution in [1.82, 2.24) is 10.6 Å². The summed E-state index contributed by atoms with van der Waals surface area (Å²) in [6, 6.07) is 0. The average Bonchev–Trinajstić information content (AvgIpc) is 3.30. The van der Waals surface area contributed by atoms with Gasteiger partial charge in [0, 0.05) is 18.9 Å². The van der Waals surface area contributed by atoms with E-state index in [2.05, 4.69) is 29.7 Å². The van der Waals surface area contributed by atoms with Crippen LogP contribution in [0.3, 0.4) is 0 Å². The summed E-state index contributed by atoms with van der Waals surface area (Å²) >= 11 is 0. The summed E-state index contributed by atoms with van der Waals surface area (Å²) < 4.78 is 6.22. The molecule has 2 saturated heterocycles. The molecule has 0 aromatic carbocycles. The molecule has 2 aliphatic heterocycles. The van der Waals surface area contributed by atoms with Gasteiger partial charge < -0.3 is 20.5 Å². The Morgan fingerprint density at radius 2 is 1.66 bits per heavy atom. The van der Waals surface area contributed by atoms with Crippen LogP contribution in [0.4, 0.5) is 0 Å². The van der Waals surface area contributed by atoms with Crippen molar-refractivity contribution < 1.29 is 14.6 Å². The third-order valence-electron chi connectivity index (χ3n) is 6.48. The minimum atomic E-state index is -0.698. The normalized spacial score (nSPS) is 26.0. The number of carbonyl (C=O) groups is 1. The molecule has 2 aliphatic rings. The zero-order valence-electron chi connectivity index (χ0n) is 18.5. The first-order valence-corrected chi connectivity index (χ1v) is 12.2. The molecule has 0 saturated carbocycles. The van der Waals surface area contributed by atoms with Crippen molar-refractivity contribution in [3.8, 4) is 0 Å². The Kier molecular flexibility index (Phi) is 12.6. The van der Waals surface area contributed by atoms with Gasteiger partial charge in [-0.15, -0.1) is 0 Å². The van der Waals surface area contributed by atoms with Crippen LogP contribution in [0.2, 0.25) is 0 Å². The van der Waals surface area contributed by atoms with Crippen molar-refractivity contribution in [3.63, 3.8) is 0 Å². The minimum Gasteiger partial charge on any atom is -0.481 e. The zero-order valence-corrected chi connectivity index (χ0v) is 18.5.